The van der Waals surface area contributed by atoms with Crippen LogP contribution < -0.4 is 5.32 Å². The second kappa shape index (κ2) is 9.43. The number of nitrogens with one attached hydrogen (secondary N) is 1. The number of aldehydes is 1. The van der Waals surface area contributed by atoms with Gasteiger partial charge in [-0.3, -0.25) is 14.4 Å². The van der Waals surface area contributed by atoms with Crippen LogP contribution in [0.4, 0.5) is 5.69 Å². The average Bonchev–Trinajstić information content (AvgIpc) is 2.78. The molecule has 1 amide bonds. The van der Waals surface area contributed by atoms with E-state index in [1.54, 1.807) is 54.6 Å². The van der Waals surface area contributed by atoms with E-state index in [0.29, 0.717) is 28.7 Å². The summed E-state index contributed by atoms with van der Waals surface area (Å²) >= 11 is 0. The number of Topliss-reactive ketones (excluding diaryl/α,β-unsaturated/α-hetero) is 1. The number of esters is 1. The highest BCUT2D eigenvalue weighted by molar-refractivity contribution is 6.00. The molecule has 1 atom stereocenters. The Hall–Kier alpha value is -4.06. The third-order valence-corrected chi connectivity index (χ3v) is 4.38. The summed E-state index contributed by atoms with van der Waals surface area (Å²) in [5.74, 6) is -1.38. The fraction of sp³-hybridized carbons (Fsp3) is 0.0833. The summed E-state index contributed by atoms with van der Waals surface area (Å²) in [6.45, 7) is 1.44. The summed E-state index contributed by atoms with van der Waals surface area (Å²) in [7, 11) is 0. The highest BCUT2D eigenvalue weighted by atomic mass is 16.5. The number of carbonyl (C=O) groups excluding carboxylic acids is 4. The van der Waals surface area contributed by atoms with Crippen LogP contribution in [0.5, 0.6) is 0 Å². The molecular formula is C24H19NO5. The molecule has 0 fully saturated rings. The monoisotopic (exact) mass is 401 g/mol. The van der Waals surface area contributed by atoms with Crippen LogP contribution in [0.1, 0.15) is 49.7 Å². The van der Waals surface area contributed by atoms with E-state index < -0.39 is 18.0 Å². The van der Waals surface area contributed by atoms with Crippen molar-refractivity contribution in [2.45, 2.75) is 13.0 Å². The summed E-state index contributed by atoms with van der Waals surface area (Å²) in [6, 6.07) is 21.0. The van der Waals surface area contributed by atoms with Gasteiger partial charge in [0.1, 0.15) is 6.29 Å². The predicted octanol–water partition coefficient (Wildman–Crippen LogP) is 4.24. The van der Waals surface area contributed by atoms with Gasteiger partial charge in [-0.05, 0) is 31.2 Å². The van der Waals surface area contributed by atoms with Crippen LogP contribution in [-0.4, -0.2) is 23.9 Å². The molecule has 0 saturated heterocycles. The minimum atomic E-state index is -1.20. The predicted molar refractivity (Wildman–Crippen MR) is 112 cm³/mol. The van der Waals surface area contributed by atoms with Crippen molar-refractivity contribution in [1.29, 1.82) is 0 Å². The fourth-order valence-electron chi connectivity index (χ4n) is 2.80. The van der Waals surface area contributed by atoms with Crippen LogP contribution >= 0.6 is 0 Å². The molecule has 0 aliphatic heterocycles. The first-order valence-corrected chi connectivity index (χ1v) is 9.21. The molecule has 0 saturated carbocycles. The van der Waals surface area contributed by atoms with Crippen LogP contribution in [0.15, 0.2) is 78.9 Å². The zero-order chi connectivity index (χ0) is 21.5. The van der Waals surface area contributed by atoms with Gasteiger partial charge in [0.05, 0.1) is 5.56 Å². The number of ether oxygens (including phenoxy) is 1. The third kappa shape index (κ3) is 5.05. The zero-order valence-electron chi connectivity index (χ0n) is 16.2. The van der Waals surface area contributed by atoms with Gasteiger partial charge in [-0.25, -0.2) is 4.79 Å². The standard InChI is InChI=1S/C24H19NO5/c1-16(27)20-8-5-9-21(14-20)25-23(28)22(18-6-3-2-4-7-18)30-24(29)19-12-10-17(15-26)11-13-19/h2-15,22H,1H3,(H,25,28)/t22-/m1/s1. The minimum absolute atomic E-state index is 0.129. The first-order chi connectivity index (χ1) is 14.5. The molecule has 0 aliphatic rings. The number of amides is 1. The van der Waals surface area contributed by atoms with Crippen LogP contribution in [0, 0.1) is 0 Å². The number of rotatable bonds is 7. The molecule has 0 bridgehead atoms. The lowest BCUT2D eigenvalue weighted by Gasteiger charge is -2.18. The first kappa shape index (κ1) is 20.7. The Morgan fingerprint density at radius 3 is 2.20 bits per heavy atom. The van der Waals surface area contributed by atoms with E-state index in [0.717, 1.165) is 0 Å². The van der Waals surface area contributed by atoms with E-state index in [-0.39, 0.29) is 11.3 Å². The smallest absolute Gasteiger partial charge is 0.339 e. The van der Waals surface area contributed by atoms with Gasteiger partial charge >= 0.3 is 5.97 Å². The molecule has 0 spiro atoms. The number of carbonyl (C=O) groups is 4. The Balaban J connectivity index is 1.84. The van der Waals surface area contributed by atoms with Crippen molar-refractivity contribution in [2.24, 2.45) is 0 Å². The zero-order valence-corrected chi connectivity index (χ0v) is 16.2. The first-order valence-electron chi connectivity index (χ1n) is 9.21. The normalized spacial score (nSPS) is 11.2. The lowest BCUT2D eigenvalue weighted by atomic mass is 10.1. The SMILES string of the molecule is CC(=O)c1cccc(NC(=O)[C@H](OC(=O)c2ccc(C=O)cc2)c2ccccc2)c1. The van der Waals surface area contributed by atoms with E-state index >= 15 is 0 Å². The highest BCUT2D eigenvalue weighted by Gasteiger charge is 2.26. The minimum Gasteiger partial charge on any atom is -0.444 e. The number of hydrogen-bond donors (Lipinski definition) is 1. The molecule has 3 aromatic rings. The van der Waals surface area contributed by atoms with Gasteiger partial charge in [-0.15, -0.1) is 0 Å². The summed E-state index contributed by atoms with van der Waals surface area (Å²) in [5, 5.41) is 2.70. The summed E-state index contributed by atoms with van der Waals surface area (Å²) in [5.41, 5.74) is 2.01. The van der Waals surface area contributed by atoms with Gasteiger partial charge in [-0.1, -0.05) is 54.6 Å². The van der Waals surface area contributed by atoms with E-state index in [4.69, 9.17) is 4.74 Å². The molecule has 0 aromatic heterocycles. The number of anilines is 1. The van der Waals surface area contributed by atoms with Gasteiger partial charge < -0.3 is 10.1 Å². The fourth-order valence-corrected chi connectivity index (χ4v) is 2.80. The number of hydrogen-bond acceptors (Lipinski definition) is 5. The Morgan fingerprint density at radius 1 is 0.867 bits per heavy atom. The average molecular weight is 401 g/mol. The second-order valence-electron chi connectivity index (χ2n) is 6.56. The van der Waals surface area contributed by atoms with Crippen LogP contribution in [0.3, 0.4) is 0 Å². The summed E-state index contributed by atoms with van der Waals surface area (Å²) in [4.78, 5) is 47.9. The lowest BCUT2D eigenvalue weighted by molar-refractivity contribution is -0.125. The van der Waals surface area contributed by atoms with E-state index in [1.165, 1.54) is 31.2 Å². The molecule has 0 unspecified atom stereocenters. The Kier molecular flexibility index (Phi) is 6.49. The maximum Gasteiger partial charge on any atom is 0.339 e. The molecule has 3 aromatic carbocycles. The Morgan fingerprint density at radius 2 is 1.57 bits per heavy atom. The van der Waals surface area contributed by atoms with Crippen LogP contribution in [0.25, 0.3) is 0 Å². The summed E-state index contributed by atoms with van der Waals surface area (Å²) < 4.78 is 5.50. The highest BCUT2D eigenvalue weighted by Crippen LogP contribution is 2.22. The van der Waals surface area contributed by atoms with Gasteiger partial charge in [0, 0.05) is 22.4 Å². The van der Waals surface area contributed by atoms with Gasteiger partial charge in [0.2, 0.25) is 6.10 Å². The molecule has 0 radical (unpaired) electrons. The van der Waals surface area contributed by atoms with Gasteiger partial charge in [0.25, 0.3) is 5.91 Å². The van der Waals surface area contributed by atoms with E-state index in [2.05, 4.69) is 5.32 Å². The van der Waals surface area contributed by atoms with Crippen molar-refractivity contribution in [3.8, 4) is 0 Å². The molecule has 1 N–H and O–H groups in total. The maximum absolute atomic E-state index is 12.9. The van der Waals surface area contributed by atoms with Crippen molar-refractivity contribution in [1.82, 2.24) is 0 Å². The molecule has 6 heteroatoms. The van der Waals surface area contributed by atoms with Crippen molar-refractivity contribution in [3.05, 3.63) is 101 Å². The lowest BCUT2D eigenvalue weighted by Crippen LogP contribution is -2.26. The third-order valence-electron chi connectivity index (χ3n) is 4.38. The molecule has 0 heterocycles. The quantitative estimate of drug-likeness (QED) is 0.363. The molecule has 6 nitrogen and oxygen atoms in total. The van der Waals surface area contributed by atoms with Crippen LogP contribution in [-0.2, 0) is 9.53 Å². The van der Waals surface area contributed by atoms with Gasteiger partial charge in [0.15, 0.2) is 5.78 Å². The topological polar surface area (TPSA) is 89.5 Å². The van der Waals surface area contributed by atoms with E-state index in [1.807, 2.05) is 0 Å². The largest absolute Gasteiger partial charge is 0.444 e. The van der Waals surface area contributed by atoms with Crippen molar-refractivity contribution in [3.63, 3.8) is 0 Å². The van der Waals surface area contributed by atoms with Crippen molar-refractivity contribution in [2.75, 3.05) is 5.32 Å². The van der Waals surface area contributed by atoms with Crippen molar-refractivity contribution >= 4 is 29.6 Å². The van der Waals surface area contributed by atoms with Crippen molar-refractivity contribution < 1.29 is 23.9 Å². The summed E-state index contributed by atoms with van der Waals surface area (Å²) in [6.07, 6.45) is -0.532. The van der Waals surface area contributed by atoms with Crippen LogP contribution in [0.2, 0.25) is 0 Å². The van der Waals surface area contributed by atoms with E-state index in [9.17, 15) is 19.2 Å². The molecule has 0 aliphatic carbocycles. The molecular weight excluding hydrogens is 382 g/mol. The van der Waals surface area contributed by atoms with Gasteiger partial charge in [-0.2, -0.15) is 0 Å². The molecule has 30 heavy (non-hydrogen) atoms. The number of ketones is 1. The molecule has 150 valence electrons. The Bertz CT molecular complexity index is 1070. The Labute approximate surface area is 173 Å². The molecule has 3 rings (SSSR count). The second-order valence-corrected chi connectivity index (χ2v) is 6.56. The maximum atomic E-state index is 12.9. The number of benzene rings is 3.